The first-order valence-corrected chi connectivity index (χ1v) is 11.6. The number of aliphatic hydroxyl groups excluding tert-OH is 2. The van der Waals surface area contributed by atoms with Crippen molar-refractivity contribution in [3.63, 3.8) is 0 Å². The van der Waals surface area contributed by atoms with Gasteiger partial charge in [-0.25, -0.2) is 23.4 Å². The fraction of sp³-hybridized carbons (Fsp3) is 0.565. The summed E-state index contributed by atoms with van der Waals surface area (Å²) in [6, 6.07) is 1.72. The molecular formula is C23H28F2N6O4S. The average Bonchev–Trinajstić information content (AvgIpc) is 3.48. The van der Waals surface area contributed by atoms with Crippen LogP contribution in [0.4, 0.5) is 14.6 Å². The highest BCUT2D eigenvalue weighted by Gasteiger charge is 2.45. The number of halogens is 2. The van der Waals surface area contributed by atoms with Crippen LogP contribution in [0.5, 0.6) is 0 Å². The fourth-order valence-corrected chi connectivity index (χ4v) is 4.73. The highest BCUT2D eigenvalue weighted by molar-refractivity contribution is 7.99. The minimum absolute atomic E-state index is 0.0444. The molecule has 0 unspecified atom stereocenters. The molecule has 13 heteroatoms. The summed E-state index contributed by atoms with van der Waals surface area (Å²) in [7, 11) is 0. The van der Waals surface area contributed by atoms with Gasteiger partial charge in [0.15, 0.2) is 33.8 Å². The van der Waals surface area contributed by atoms with Crippen LogP contribution in [0.15, 0.2) is 23.4 Å². The number of ether oxygens (including phenoxy) is 1. The van der Waals surface area contributed by atoms with E-state index in [0.29, 0.717) is 12.0 Å². The van der Waals surface area contributed by atoms with Crippen LogP contribution in [0.1, 0.15) is 58.7 Å². The van der Waals surface area contributed by atoms with Crippen LogP contribution < -0.4 is 5.32 Å². The third-order valence-corrected chi connectivity index (χ3v) is 6.72. The van der Waals surface area contributed by atoms with Crippen molar-refractivity contribution in [2.24, 2.45) is 0 Å². The Morgan fingerprint density at radius 2 is 2.11 bits per heavy atom. The van der Waals surface area contributed by atoms with Gasteiger partial charge < -0.3 is 25.4 Å². The number of aliphatic hydroxyl groups is 3. The summed E-state index contributed by atoms with van der Waals surface area (Å²) in [5.41, 5.74) is -2.95. The Morgan fingerprint density at radius 3 is 2.89 bits per heavy atom. The normalized spacial score (nSPS) is 34.1. The summed E-state index contributed by atoms with van der Waals surface area (Å²) < 4.78 is 118. The van der Waals surface area contributed by atoms with Crippen LogP contribution in [0.2, 0.25) is 0 Å². The molecule has 10 nitrogen and oxygen atoms in total. The Kier molecular flexibility index (Phi) is 4.40. The molecule has 0 spiro atoms. The minimum atomic E-state index is -3.48. The van der Waals surface area contributed by atoms with Crippen LogP contribution in [0.3, 0.4) is 0 Å². The molecule has 2 aromatic heterocycles. The van der Waals surface area contributed by atoms with E-state index in [-0.39, 0.29) is 34.7 Å². The number of nitrogens with zero attached hydrogens (tertiary/aromatic N) is 5. The molecule has 6 atom stereocenters. The van der Waals surface area contributed by atoms with Gasteiger partial charge in [-0.2, -0.15) is 0 Å². The number of thioether (sulfide) groups is 1. The highest BCUT2D eigenvalue weighted by Crippen LogP contribution is 2.44. The number of rotatable bonds is 10. The van der Waals surface area contributed by atoms with Gasteiger partial charge in [-0.3, -0.25) is 0 Å². The second kappa shape index (κ2) is 10.5. The molecule has 194 valence electrons. The molecule has 2 aliphatic rings. The van der Waals surface area contributed by atoms with Gasteiger partial charge in [-0.1, -0.05) is 29.9 Å². The summed E-state index contributed by atoms with van der Waals surface area (Å²) >= 11 is 0.0444. The summed E-state index contributed by atoms with van der Waals surface area (Å²) in [6.45, 7) is -10.2. The van der Waals surface area contributed by atoms with Crippen LogP contribution in [-0.4, -0.2) is 83.5 Å². The first-order chi connectivity index (χ1) is 21.4. The van der Waals surface area contributed by atoms with Gasteiger partial charge in [-0.05, 0) is 30.5 Å². The van der Waals surface area contributed by atoms with Crippen LogP contribution in [0, 0.1) is 11.6 Å². The number of anilines is 1. The Balaban J connectivity index is 1.52. The molecule has 0 radical (unpaired) electrons. The van der Waals surface area contributed by atoms with E-state index in [1.807, 2.05) is 0 Å². The number of fused-ring (bicyclic) bond motifs is 1. The van der Waals surface area contributed by atoms with Gasteiger partial charge in [-0.15, -0.1) is 5.10 Å². The maximum atomic E-state index is 13.9. The quantitative estimate of drug-likeness (QED) is 0.226. The lowest BCUT2D eigenvalue weighted by Gasteiger charge is -2.17. The molecule has 36 heavy (non-hydrogen) atoms. The Bertz CT molecular complexity index is 1660. The Hall–Kier alpha value is -2.45. The van der Waals surface area contributed by atoms with E-state index >= 15 is 0 Å². The number of hydrogen-bond donors (Lipinski definition) is 4. The molecule has 1 aromatic carbocycles. The third kappa shape index (κ3) is 4.90. The smallest absolute Gasteiger partial charge is 0.191 e. The lowest BCUT2D eigenvalue weighted by Crippen LogP contribution is -2.33. The standard InChI is InChI=1S/C23H28F2N6O4S/c1-2-7-36-23-27-21(26-15-9-12(15)11-3-4-13(24)14(25)8-11)18-22(28-23)31(30-29-18)16-10-17(35-6-5-32)20(34)19(16)33/h3-4,8,12,15-17,19-20,32-34H,2,5-7,9-10H2,1H3,(H,26,27,28)/t12-,15+,16+,17-,19-,20+/m0/s1/i1D3,2D2,5D2,6D2,7D2. The van der Waals surface area contributed by atoms with Crippen molar-refractivity contribution in [3.8, 4) is 0 Å². The van der Waals surface area contributed by atoms with E-state index in [4.69, 9.17) is 19.8 Å². The van der Waals surface area contributed by atoms with Crippen molar-refractivity contribution >= 4 is 28.7 Å². The fourth-order valence-electron chi connectivity index (χ4n) is 4.32. The van der Waals surface area contributed by atoms with Crippen LogP contribution in [-0.2, 0) is 4.74 Å². The number of aromatic nitrogens is 5. The van der Waals surface area contributed by atoms with E-state index < -0.39 is 85.7 Å². The molecule has 3 aromatic rings. The van der Waals surface area contributed by atoms with E-state index in [1.54, 1.807) is 0 Å². The summed E-state index contributed by atoms with van der Waals surface area (Å²) in [4.78, 5) is 8.44. The van der Waals surface area contributed by atoms with Crippen molar-refractivity contribution in [1.82, 2.24) is 25.0 Å². The zero-order valence-corrected chi connectivity index (χ0v) is 19.1. The minimum Gasteiger partial charge on any atom is -0.394 e. The molecule has 2 fully saturated rings. The van der Waals surface area contributed by atoms with Gasteiger partial charge in [0.2, 0.25) is 0 Å². The molecule has 2 aliphatic carbocycles. The molecule has 2 saturated carbocycles. The maximum Gasteiger partial charge on any atom is 0.191 e. The van der Waals surface area contributed by atoms with Crippen molar-refractivity contribution in [3.05, 3.63) is 35.4 Å². The number of hydrogen-bond acceptors (Lipinski definition) is 10. The molecule has 0 aliphatic heterocycles. The topological polar surface area (TPSA) is 138 Å². The average molecular weight is 534 g/mol. The van der Waals surface area contributed by atoms with E-state index in [1.165, 1.54) is 6.07 Å². The van der Waals surface area contributed by atoms with Crippen molar-refractivity contribution in [1.29, 1.82) is 0 Å². The van der Waals surface area contributed by atoms with Gasteiger partial charge >= 0.3 is 0 Å². The molecule has 2 heterocycles. The second-order valence-electron chi connectivity index (χ2n) is 8.31. The SMILES string of the molecule is [2H]C([2H])([2H])C([2H])([2H])C([2H])([2H])Sc1nc(N[C@@H]2C[C@H]2c2ccc(F)c(F)c2)c2nnn([C@@H]3C[C@H](OC([2H])([2H])C([2H])([2H])O)[C@@H](O)[C@H]3O)c2n1. The predicted molar refractivity (Wildman–Crippen MR) is 128 cm³/mol. The zero-order chi connectivity index (χ0) is 35.1. The highest BCUT2D eigenvalue weighted by atomic mass is 32.2. The number of benzene rings is 1. The molecule has 4 N–H and O–H groups in total. The lowest BCUT2D eigenvalue weighted by molar-refractivity contribution is -0.0629. The molecule has 0 bridgehead atoms. The largest absolute Gasteiger partial charge is 0.394 e. The second-order valence-corrected chi connectivity index (χ2v) is 9.08. The summed E-state index contributed by atoms with van der Waals surface area (Å²) in [6.07, 6.45) is -8.49. The third-order valence-electron chi connectivity index (χ3n) is 6.15. The molecule has 5 rings (SSSR count). The van der Waals surface area contributed by atoms with Gasteiger partial charge in [0, 0.05) is 33.7 Å². The van der Waals surface area contributed by atoms with Gasteiger partial charge in [0.05, 0.1) is 30.7 Å². The summed E-state index contributed by atoms with van der Waals surface area (Å²) in [5.74, 6) is -2.48. The van der Waals surface area contributed by atoms with Crippen molar-refractivity contribution in [2.45, 2.75) is 67.5 Å². The predicted octanol–water partition coefficient (Wildman–Crippen LogP) is 2.01. The Morgan fingerprint density at radius 1 is 1.25 bits per heavy atom. The van der Waals surface area contributed by atoms with Crippen LogP contribution >= 0.6 is 11.8 Å². The lowest BCUT2D eigenvalue weighted by atomic mass is 10.1. The van der Waals surface area contributed by atoms with Gasteiger partial charge in [0.25, 0.3) is 0 Å². The molecule has 0 amide bonds. The van der Waals surface area contributed by atoms with Gasteiger partial charge in [0.1, 0.15) is 12.2 Å². The molecular weight excluding hydrogens is 494 g/mol. The van der Waals surface area contributed by atoms with Crippen LogP contribution in [0.25, 0.3) is 11.2 Å². The van der Waals surface area contributed by atoms with E-state index in [2.05, 4.69) is 25.6 Å². The maximum absolute atomic E-state index is 13.9. The first kappa shape index (κ1) is 15.1. The summed E-state index contributed by atoms with van der Waals surface area (Å²) in [5, 5.41) is 41.5. The van der Waals surface area contributed by atoms with Crippen molar-refractivity contribution in [2.75, 3.05) is 24.1 Å². The van der Waals surface area contributed by atoms with E-state index in [9.17, 15) is 24.1 Å². The molecule has 0 saturated heterocycles. The number of nitrogens with one attached hydrogen (secondary N) is 1. The van der Waals surface area contributed by atoms with E-state index in [0.717, 1.165) is 16.8 Å². The Labute approximate surface area is 225 Å². The first-order valence-electron chi connectivity index (χ1n) is 16.2. The zero-order valence-electron chi connectivity index (χ0n) is 29.3. The van der Waals surface area contributed by atoms with Crippen molar-refractivity contribution < 1.29 is 43.9 Å². The monoisotopic (exact) mass is 533 g/mol.